The molecule has 1 aromatic heterocycles. The third-order valence-corrected chi connectivity index (χ3v) is 2.74. The maximum absolute atomic E-state index is 13.5. The maximum atomic E-state index is 13.5. The Kier molecular flexibility index (Phi) is 3.37. The van der Waals surface area contributed by atoms with Gasteiger partial charge in [-0.3, -0.25) is 4.79 Å². The molecule has 4 nitrogen and oxygen atoms in total. The molecule has 5 heteroatoms. The average Bonchev–Trinajstić information content (AvgIpc) is 2.30. The number of halogens is 1. The first-order valence-corrected chi connectivity index (χ1v) is 5.48. The van der Waals surface area contributed by atoms with Crippen LogP contribution in [0, 0.1) is 5.82 Å². The minimum Gasteiger partial charge on any atom is -0.369 e. The number of hydrogen-bond acceptors (Lipinski definition) is 3. The number of carbonyl (C=O) groups is 1. The topological polar surface area (TPSA) is 59.2 Å². The van der Waals surface area contributed by atoms with Crippen molar-refractivity contribution in [2.24, 2.45) is 5.73 Å². The zero-order chi connectivity index (χ0) is 12.3. The second-order valence-corrected chi connectivity index (χ2v) is 4.01. The summed E-state index contributed by atoms with van der Waals surface area (Å²) in [6, 6.07) is 2.96. The quantitative estimate of drug-likeness (QED) is 0.802. The molecular weight excluding hydrogens is 221 g/mol. The van der Waals surface area contributed by atoms with Crippen LogP contribution in [0.25, 0.3) is 0 Å². The highest BCUT2D eigenvalue weighted by Gasteiger charge is 2.16. The van der Waals surface area contributed by atoms with Crippen LogP contribution in [0.15, 0.2) is 30.0 Å². The van der Waals surface area contributed by atoms with E-state index in [1.54, 1.807) is 12.3 Å². The predicted octanol–water partition coefficient (Wildman–Crippen LogP) is 1.23. The van der Waals surface area contributed by atoms with E-state index in [-0.39, 0.29) is 11.7 Å². The van der Waals surface area contributed by atoms with E-state index < -0.39 is 0 Å². The van der Waals surface area contributed by atoms with E-state index in [9.17, 15) is 9.18 Å². The lowest BCUT2D eigenvalue weighted by Crippen LogP contribution is -2.30. The van der Waals surface area contributed by atoms with E-state index in [1.165, 1.54) is 6.07 Å². The molecule has 1 aliphatic heterocycles. The molecule has 17 heavy (non-hydrogen) atoms. The summed E-state index contributed by atoms with van der Waals surface area (Å²) in [4.78, 5) is 16.6. The van der Waals surface area contributed by atoms with Crippen LogP contribution in [0.2, 0.25) is 0 Å². The summed E-state index contributed by atoms with van der Waals surface area (Å²) in [5, 5.41) is 0. The van der Waals surface area contributed by atoms with Gasteiger partial charge in [-0.25, -0.2) is 9.37 Å². The number of anilines is 1. The van der Waals surface area contributed by atoms with Gasteiger partial charge in [0.15, 0.2) is 11.6 Å². The highest BCUT2D eigenvalue weighted by Crippen LogP contribution is 2.21. The normalized spacial score (nSPS) is 15.6. The second kappa shape index (κ2) is 4.95. The summed E-state index contributed by atoms with van der Waals surface area (Å²) in [5.41, 5.74) is 6.15. The van der Waals surface area contributed by atoms with Crippen molar-refractivity contribution in [2.45, 2.75) is 12.8 Å². The van der Waals surface area contributed by atoms with E-state index in [0.717, 1.165) is 12.0 Å². The number of aromatic nitrogens is 1. The SMILES string of the molecule is NC(=O)CC1=CCN(c2ncccc2F)CC1. The standard InChI is InChI=1S/C12H14FN3O/c13-10-2-1-5-15-12(10)16-6-3-9(4-7-16)8-11(14)17/h1-3,5H,4,6-8H2,(H2,14,17). The number of carbonyl (C=O) groups excluding carboxylic acids is 1. The van der Waals surface area contributed by atoms with Crippen LogP contribution in [0.1, 0.15) is 12.8 Å². The number of nitrogens with two attached hydrogens (primary N) is 1. The molecule has 2 rings (SSSR count). The van der Waals surface area contributed by atoms with Crippen LogP contribution in [-0.2, 0) is 4.79 Å². The van der Waals surface area contributed by atoms with E-state index in [0.29, 0.717) is 25.3 Å². The molecule has 2 N–H and O–H groups in total. The van der Waals surface area contributed by atoms with Crippen LogP contribution < -0.4 is 10.6 Å². The van der Waals surface area contributed by atoms with E-state index in [2.05, 4.69) is 4.98 Å². The number of nitrogens with zero attached hydrogens (tertiary/aromatic N) is 2. The summed E-state index contributed by atoms with van der Waals surface area (Å²) in [6.45, 7) is 1.23. The van der Waals surface area contributed by atoms with Gasteiger partial charge in [0, 0.05) is 25.7 Å². The minimum absolute atomic E-state index is 0.290. The summed E-state index contributed by atoms with van der Waals surface area (Å²) in [7, 11) is 0. The summed E-state index contributed by atoms with van der Waals surface area (Å²) in [5.74, 6) is -0.283. The van der Waals surface area contributed by atoms with Crippen LogP contribution in [-0.4, -0.2) is 24.0 Å². The molecule has 0 unspecified atom stereocenters. The molecule has 0 fully saturated rings. The first kappa shape index (κ1) is 11.6. The fourth-order valence-corrected chi connectivity index (χ4v) is 1.90. The number of rotatable bonds is 3. The smallest absolute Gasteiger partial charge is 0.221 e. The lowest BCUT2D eigenvalue weighted by Gasteiger charge is -2.27. The number of pyridine rings is 1. The molecule has 2 heterocycles. The lowest BCUT2D eigenvalue weighted by molar-refractivity contribution is -0.117. The van der Waals surface area contributed by atoms with Crippen molar-refractivity contribution in [1.29, 1.82) is 0 Å². The van der Waals surface area contributed by atoms with Crippen molar-refractivity contribution >= 4 is 11.7 Å². The number of amides is 1. The van der Waals surface area contributed by atoms with E-state index >= 15 is 0 Å². The molecule has 1 aromatic rings. The molecule has 1 amide bonds. The number of primary amides is 1. The van der Waals surface area contributed by atoms with Gasteiger partial charge in [-0.2, -0.15) is 0 Å². The molecule has 90 valence electrons. The lowest BCUT2D eigenvalue weighted by atomic mass is 10.0. The van der Waals surface area contributed by atoms with Gasteiger partial charge in [-0.1, -0.05) is 11.6 Å². The van der Waals surface area contributed by atoms with Gasteiger partial charge in [0.1, 0.15) is 0 Å². The zero-order valence-electron chi connectivity index (χ0n) is 9.40. The predicted molar refractivity (Wildman–Crippen MR) is 62.9 cm³/mol. The third kappa shape index (κ3) is 2.81. The highest BCUT2D eigenvalue weighted by atomic mass is 19.1. The molecule has 0 bridgehead atoms. The van der Waals surface area contributed by atoms with Gasteiger partial charge >= 0.3 is 0 Å². The van der Waals surface area contributed by atoms with Gasteiger partial charge < -0.3 is 10.6 Å². The molecule has 0 atom stereocenters. The van der Waals surface area contributed by atoms with Gasteiger partial charge in [0.25, 0.3) is 0 Å². The van der Waals surface area contributed by atoms with Crippen LogP contribution in [0.4, 0.5) is 10.2 Å². The second-order valence-electron chi connectivity index (χ2n) is 4.01. The third-order valence-electron chi connectivity index (χ3n) is 2.74. The number of hydrogen-bond donors (Lipinski definition) is 1. The fourth-order valence-electron chi connectivity index (χ4n) is 1.90. The van der Waals surface area contributed by atoms with Crippen molar-refractivity contribution in [3.8, 4) is 0 Å². The van der Waals surface area contributed by atoms with Crippen molar-refractivity contribution in [2.75, 3.05) is 18.0 Å². The molecule has 0 aromatic carbocycles. The van der Waals surface area contributed by atoms with Crippen molar-refractivity contribution < 1.29 is 9.18 Å². The maximum Gasteiger partial charge on any atom is 0.221 e. The zero-order valence-corrected chi connectivity index (χ0v) is 9.40. The molecule has 0 saturated heterocycles. The Hall–Kier alpha value is -1.91. The summed E-state index contributed by atoms with van der Waals surface area (Å²) < 4.78 is 13.5. The van der Waals surface area contributed by atoms with Crippen molar-refractivity contribution in [3.63, 3.8) is 0 Å². The molecule has 0 radical (unpaired) electrons. The van der Waals surface area contributed by atoms with Gasteiger partial charge in [0.2, 0.25) is 5.91 Å². The monoisotopic (exact) mass is 235 g/mol. The van der Waals surface area contributed by atoms with Crippen molar-refractivity contribution in [3.05, 3.63) is 35.8 Å². The van der Waals surface area contributed by atoms with Crippen molar-refractivity contribution in [1.82, 2.24) is 4.98 Å². The summed E-state index contributed by atoms with van der Waals surface area (Å²) >= 11 is 0. The van der Waals surface area contributed by atoms with Gasteiger partial charge in [0.05, 0.1) is 0 Å². The Morgan fingerprint density at radius 3 is 3.00 bits per heavy atom. The molecule has 0 spiro atoms. The van der Waals surface area contributed by atoms with Gasteiger partial charge in [-0.15, -0.1) is 0 Å². The molecule has 0 saturated carbocycles. The summed E-state index contributed by atoms with van der Waals surface area (Å²) in [6.07, 6.45) is 4.50. The van der Waals surface area contributed by atoms with E-state index in [1.807, 2.05) is 11.0 Å². The Morgan fingerprint density at radius 1 is 1.59 bits per heavy atom. The molecule has 1 aliphatic rings. The Balaban J connectivity index is 2.06. The Morgan fingerprint density at radius 2 is 2.41 bits per heavy atom. The fraction of sp³-hybridized carbons (Fsp3) is 0.333. The highest BCUT2D eigenvalue weighted by molar-refractivity contribution is 5.76. The Labute approximate surface area is 98.9 Å². The average molecular weight is 235 g/mol. The van der Waals surface area contributed by atoms with Crippen LogP contribution in [0.3, 0.4) is 0 Å². The Bertz CT molecular complexity index is 459. The molecular formula is C12H14FN3O. The largest absolute Gasteiger partial charge is 0.369 e. The molecule has 0 aliphatic carbocycles. The van der Waals surface area contributed by atoms with Crippen LogP contribution in [0.5, 0.6) is 0 Å². The first-order valence-electron chi connectivity index (χ1n) is 5.48. The van der Waals surface area contributed by atoms with Gasteiger partial charge in [-0.05, 0) is 18.6 Å². The van der Waals surface area contributed by atoms with Crippen LogP contribution >= 0.6 is 0 Å². The minimum atomic E-state index is -0.325. The van der Waals surface area contributed by atoms with E-state index in [4.69, 9.17) is 5.73 Å². The first-order chi connectivity index (χ1) is 8.16.